The molecule has 6 nitrogen and oxygen atoms in total. The molecule has 134 valence electrons. The second-order valence-electron chi connectivity index (χ2n) is 6.60. The molecule has 1 aliphatic carbocycles. The number of nitrogens with one attached hydrogen (secondary N) is 1. The Bertz CT molecular complexity index is 884. The second kappa shape index (κ2) is 7.37. The lowest BCUT2D eigenvalue weighted by Gasteiger charge is -2.35. The van der Waals surface area contributed by atoms with Crippen molar-refractivity contribution in [3.05, 3.63) is 52.2 Å². The van der Waals surface area contributed by atoms with Crippen molar-refractivity contribution in [2.75, 3.05) is 0 Å². The van der Waals surface area contributed by atoms with Crippen LogP contribution in [0.1, 0.15) is 40.3 Å². The first-order valence-corrected chi connectivity index (χ1v) is 9.67. The smallest absolute Gasteiger partial charge is 0.290 e. The first-order chi connectivity index (χ1) is 12.7. The van der Waals surface area contributed by atoms with E-state index in [0.717, 1.165) is 41.3 Å². The summed E-state index contributed by atoms with van der Waals surface area (Å²) in [5.74, 6) is 0.615. The van der Waals surface area contributed by atoms with E-state index in [1.54, 1.807) is 17.4 Å². The van der Waals surface area contributed by atoms with Crippen molar-refractivity contribution in [1.29, 1.82) is 0 Å². The van der Waals surface area contributed by atoms with Gasteiger partial charge in [-0.2, -0.15) is 0 Å². The van der Waals surface area contributed by atoms with E-state index in [4.69, 9.17) is 4.52 Å². The monoisotopic (exact) mass is 368 g/mol. The lowest BCUT2D eigenvalue weighted by Crippen LogP contribution is -2.44. The van der Waals surface area contributed by atoms with E-state index in [9.17, 15) is 4.79 Å². The van der Waals surface area contributed by atoms with E-state index in [0.29, 0.717) is 11.6 Å². The summed E-state index contributed by atoms with van der Waals surface area (Å²) < 4.78 is 5.21. The van der Waals surface area contributed by atoms with Crippen LogP contribution in [-0.2, 0) is 12.8 Å². The zero-order chi connectivity index (χ0) is 17.9. The van der Waals surface area contributed by atoms with Crippen LogP contribution in [0.4, 0.5) is 0 Å². The van der Waals surface area contributed by atoms with Crippen molar-refractivity contribution in [3.8, 4) is 11.3 Å². The van der Waals surface area contributed by atoms with Crippen LogP contribution in [0.15, 0.2) is 40.9 Å². The highest BCUT2D eigenvalue weighted by atomic mass is 32.1. The highest BCUT2D eigenvalue weighted by Crippen LogP contribution is 2.31. The number of aromatic nitrogens is 3. The molecule has 2 aromatic heterocycles. The first-order valence-electron chi connectivity index (χ1n) is 8.85. The minimum Gasteiger partial charge on any atom is -0.350 e. The third kappa shape index (κ3) is 3.67. The van der Waals surface area contributed by atoms with Crippen LogP contribution in [0.5, 0.6) is 0 Å². The van der Waals surface area contributed by atoms with Crippen LogP contribution >= 0.6 is 11.3 Å². The molecule has 0 spiro atoms. The fraction of sp³-hybridized carbons (Fsp3) is 0.368. The summed E-state index contributed by atoms with van der Waals surface area (Å²) >= 11 is 1.69. The quantitative estimate of drug-likeness (QED) is 0.720. The zero-order valence-electron chi connectivity index (χ0n) is 14.5. The van der Waals surface area contributed by atoms with Crippen molar-refractivity contribution in [1.82, 2.24) is 20.7 Å². The van der Waals surface area contributed by atoms with Crippen molar-refractivity contribution >= 4 is 17.2 Å². The van der Waals surface area contributed by atoms with Crippen molar-refractivity contribution in [3.63, 3.8) is 0 Å². The van der Waals surface area contributed by atoms with E-state index in [-0.39, 0.29) is 17.7 Å². The van der Waals surface area contributed by atoms with Gasteiger partial charge in [0.2, 0.25) is 5.76 Å². The number of nitrogens with zero attached hydrogens (tertiary/aromatic N) is 3. The molecule has 4 rings (SSSR count). The molecule has 1 saturated carbocycles. The van der Waals surface area contributed by atoms with Crippen LogP contribution in [0.2, 0.25) is 0 Å². The van der Waals surface area contributed by atoms with Crippen molar-refractivity contribution in [2.24, 2.45) is 5.92 Å². The van der Waals surface area contributed by atoms with Gasteiger partial charge < -0.3 is 9.84 Å². The summed E-state index contributed by atoms with van der Waals surface area (Å²) in [5.41, 5.74) is 1.60. The summed E-state index contributed by atoms with van der Waals surface area (Å²) in [6, 6.07) is 11.6. The van der Waals surface area contributed by atoms with Crippen molar-refractivity contribution < 1.29 is 9.32 Å². The first kappa shape index (κ1) is 16.9. The molecule has 7 heteroatoms. The molecule has 1 aliphatic rings. The second-order valence-corrected chi connectivity index (χ2v) is 7.74. The number of amides is 1. The predicted molar refractivity (Wildman–Crippen MR) is 98.9 cm³/mol. The fourth-order valence-electron chi connectivity index (χ4n) is 3.16. The molecule has 1 amide bonds. The number of rotatable bonds is 6. The molecule has 0 radical (unpaired) electrons. The third-order valence-corrected chi connectivity index (χ3v) is 5.74. The van der Waals surface area contributed by atoms with E-state index >= 15 is 0 Å². The number of carbonyl (C=O) groups is 1. The van der Waals surface area contributed by atoms with Gasteiger partial charge in [-0.1, -0.05) is 42.4 Å². The Balaban J connectivity index is 1.28. The van der Waals surface area contributed by atoms with Crippen LogP contribution in [0, 0.1) is 5.92 Å². The predicted octanol–water partition coefficient (Wildman–Crippen LogP) is 3.51. The van der Waals surface area contributed by atoms with Crippen LogP contribution in [-0.4, -0.2) is 27.3 Å². The van der Waals surface area contributed by atoms with E-state index < -0.39 is 0 Å². The Morgan fingerprint density at radius 1 is 1.23 bits per heavy atom. The molecule has 0 saturated heterocycles. The minimum atomic E-state index is -0.202. The summed E-state index contributed by atoms with van der Waals surface area (Å²) in [5, 5.41) is 17.6. The number of benzene rings is 1. The Kier molecular flexibility index (Phi) is 4.79. The number of aryl methyl sites for hydroxylation is 1. The van der Waals surface area contributed by atoms with E-state index in [1.165, 1.54) is 0 Å². The molecule has 3 aromatic rings. The molecule has 0 unspecified atom stereocenters. The highest BCUT2D eigenvalue weighted by molar-refractivity contribution is 7.11. The standard InChI is InChI=1S/C19H20N4O2S/c1-2-17-21-22-18(26-17)10-12-8-14(9-12)20-19(24)16-11-15(23-25-16)13-6-4-3-5-7-13/h3-7,11-12,14H,2,8-10H2,1H3,(H,20,24). The Morgan fingerprint density at radius 2 is 2.00 bits per heavy atom. The molecule has 1 aromatic carbocycles. The molecule has 26 heavy (non-hydrogen) atoms. The van der Waals surface area contributed by atoms with Gasteiger partial charge in [0.25, 0.3) is 5.91 Å². The molecule has 0 bridgehead atoms. The van der Waals surface area contributed by atoms with Gasteiger partial charge in [-0.25, -0.2) is 0 Å². The normalized spacial score (nSPS) is 19.1. The van der Waals surface area contributed by atoms with Crippen LogP contribution in [0.25, 0.3) is 11.3 Å². The fourth-order valence-corrected chi connectivity index (χ4v) is 4.06. The topological polar surface area (TPSA) is 80.9 Å². The average Bonchev–Trinajstić information content (AvgIpc) is 3.30. The van der Waals surface area contributed by atoms with Gasteiger partial charge in [-0.15, -0.1) is 21.5 Å². The third-order valence-electron chi connectivity index (χ3n) is 4.65. The number of hydrogen-bond donors (Lipinski definition) is 1. The van der Waals surface area contributed by atoms with Gasteiger partial charge in [0, 0.05) is 24.1 Å². The Morgan fingerprint density at radius 3 is 2.73 bits per heavy atom. The number of hydrogen-bond acceptors (Lipinski definition) is 6. The summed E-state index contributed by atoms with van der Waals surface area (Å²) in [6.07, 6.45) is 3.81. The zero-order valence-corrected chi connectivity index (χ0v) is 15.3. The molecule has 2 heterocycles. The van der Waals surface area contributed by atoms with Gasteiger partial charge >= 0.3 is 0 Å². The molecule has 0 atom stereocenters. The minimum absolute atomic E-state index is 0.191. The maximum Gasteiger partial charge on any atom is 0.290 e. The molecular formula is C19H20N4O2S. The largest absolute Gasteiger partial charge is 0.350 e. The van der Waals surface area contributed by atoms with Gasteiger partial charge in [0.15, 0.2) is 0 Å². The van der Waals surface area contributed by atoms with Gasteiger partial charge in [0.1, 0.15) is 15.7 Å². The Labute approximate surface area is 155 Å². The van der Waals surface area contributed by atoms with Crippen LogP contribution < -0.4 is 5.32 Å². The van der Waals surface area contributed by atoms with Crippen LogP contribution in [0.3, 0.4) is 0 Å². The molecule has 0 aliphatic heterocycles. The maximum atomic E-state index is 12.3. The molecule has 1 N–H and O–H groups in total. The van der Waals surface area contributed by atoms with Crippen molar-refractivity contribution in [2.45, 2.75) is 38.6 Å². The number of carbonyl (C=O) groups excluding carboxylic acids is 1. The lowest BCUT2D eigenvalue weighted by molar-refractivity contribution is 0.0852. The molecule has 1 fully saturated rings. The SMILES string of the molecule is CCc1nnc(CC2CC(NC(=O)c3cc(-c4ccccc4)no3)C2)s1. The molecular weight excluding hydrogens is 348 g/mol. The lowest BCUT2D eigenvalue weighted by atomic mass is 9.78. The summed E-state index contributed by atoms with van der Waals surface area (Å²) in [4.78, 5) is 12.3. The maximum absolute atomic E-state index is 12.3. The van der Waals surface area contributed by atoms with Gasteiger partial charge in [0.05, 0.1) is 0 Å². The van der Waals surface area contributed by atoms with Gasteiger partial charge in [-0.05, 0) is 25.2 Å². The van der Waals surface area contributed by atoms with E-state index in [1.807, 2.05) is 30.3 Å². The highest BCUT2D eigenvalue weighted by Gasteiger charge is 2.32. The summed E-state index contributed by atoms with van der Waals surface area (Å²) in [6.45, 7) is 2.09. The van der Waals surface area contributed by atoms with E-state index in [2.05, 4.69) is 27.6 Å². The van der Waals surface area contributed by atoms with Gasteiger partial charge in [-0.3, -0.25) is 4.79 Å². The summed E-state index contributed by atoms with van der Waals surface area (Å²) in [7, 11) is 0. The average molecular weight is 368 g/mol. The Hall–Kier alpha value is -2.54.